The lowest BCUT2D eigenvalue weighted by Gasteiger charge is -2.36. The van der Waals surface area contributed by atoms with Gasteiger partial charge in [-0.05, 0) is 64.5 Å². The van der Waals surface area contributed by atoms with E-state index in [2.05, 4.69) is 26.0 Å². The first-order chi connectivity index (χ1) is 20.1. The molecule has 0 aromatic heterocycles. The largest absolute Gasteiger partial charge is 0.457 e. The molecule has 3 aromatic rings. The van der Waals surface area contributed by atoms with Gasteiger partial charge in [0, 0.05) is 15.6 Å². The predicted octanol–water partition coefficient (Wildman–Crippen LogP) is 8.76. The summed E-state index contributed by atoms with van der Waals surface area (Å²) >= 11 is 2.38. The fourth-order valence-electron chi connectivity index (χ4n) is 3.59. The molecule has 3 aromatic carbocycles. The van der Waals surface area contributed by atoms with Crippen LogP contribution in [0.2, 0.25) is 0 Å². The van der Waals surface area contributed by atoms with Crippen LogP contribution < -0.4 is 15.4 Å². The van der Waals surface area contributed by atoms with Gasteiger partial charge in [-0.3, -0.25) is 9.59 Å². The van der Waals surface area contributed by atoms with Gasteiger partial charge in [-0.2, -0.15) is 43.9 Å². The van der Waals surface area contributed by atoms with E-state index in [0.29, 0.717) is 0 Å². The number of amides is 2. The highest BCUT2D eigenvalue weighted by atomic mass is 79.9. The maximum atomic E-state index is 15.1. The zero-order valence-corrected chi connectivity index (χ0v) is 22.4. The zero-order valence-electron chi connectivity index (χ0n) is 20.8. The van der Waals surface area contributed by atoms with Gasteiger partial charge >= 0.3 is 30.6 Å². The molecular weight excluding hydrogens is 703 g/mol. The van der Waals surface area contributed by atoms with Crippen LogP contribution in [0.3, 0.4) is 0 Å². The Balaban J connectivity index is 2.06. The molecule has 5 nitrogen and oxygen atoms in total. The van der Waals surface area contributed by atoms with Crippen molar-refractivity contribution in [3.05, 3.63) is 87.4 Å². The Kier molecular flexibility index (Phi) is 9.52. The molecule has 0 aliphatic heterocycles. The standard InChI is InChI=1S/C25H12BrF13N2O3/c26-14-8-11(22(31,24(34,35)36)23(32,33)25(37,38)39)9-16(44-21(29)30)18(14)41-20(43)13-2-1-3-15(17(13)28)40-19(42)10-4-6-12(27)7-5-10/h1-9,21H,(H,40,42)(H,41,43). The van der Waals surface area contributed by atoms with E-state index in [4.69, 9.17) is 0 Å². The monoisotopic (exact) mass is 714 g/mol. The van der Waals surface area contributed by atoms with Crippen molar-refractivity contribution >= 4 is 39.1 Å². The third kappa shape index (κ3) is 6.56. The molecule has 0 aliphatic rings. The van der Waals surface area contributed by atoms with E-state index < -0.39 is 92.8 Å². The Labute approximate surface area is 245 Å². The molecule has 2 N–H and O–H groups in total. The first-order valence-corrected chi connectivity index (χ1v) is 12.1. The smallest absolute Gasteiger partial charge is 0.433 e. The van der Waals surface area contributed by atoms with Crippen LogP contribution in [0.15, 0.2) is 59.1 Å². The molecule has 1 atom stereocenters. The summed E-state index contributed by atoms with van der Waals surface area (Å²) in [6.07, 6.45) is -14.1. The molecule has 0 saturated carbocycles. The molecule has 0 heterocycles. The number of hydrogen-bond donors (Lipinski definition) is 2. The molecule has 0 aliphatic carbocycles. The maximum absolute atomic E-state index is 15.1. The van der Waals surface area contributed by atoms with Crippen molar-refractivity contribution in [3.8, 4) is 5.75 Å². The normalized spacial score (nSPS) is 13.8. The third-order valence-electron chi connectivity index (χ3n) is 5.68. The van der Waals surface area contributed by atoms with Crippen LogP contribution in [-0.2, 0) is 5.67 Å². The fraction of sp³-hybridized carbons (Fsp3) is 0.200. The van der Waals surface area contributed by atoms with Crippen molar-refractivity contribution in [2.24, 2.45) is 0 Å². The number of rotatable bonds is 8. The average molecular weight is 715 g/mol. The molecular formula is C25H12BrF13N2O3. The second-order valence-electron chi connectivity index (χ2n) is 8.52. The highest BCUT2D eigenvalue weighted by Gasteiger charge is 2.81. The number of carbonyl (C=O) groups is 2. The van der Waals surface area contributed by atoms with Crippen molar-refractivity contribution in [3.63, 3.8) is 0 Å². The van der Waals surface area contributed by atoms with Crippen LogP contribution >= 0.6 is 15.9 Å². The lowest BCUT2D eigenvalue weighted by molar-refractivity contribution is -0.389. The van der Waals surface area contributed by atoms with E-state index in [9.17, 15) is 62.3 Å². The number of carbonyl (C=O) groups excluding carboxylic acids is 2. The summed E-state index contributed by atoms with van der Waals surface area (Å²) in [6.45, 7) is -4.02. The van der Waals surface area contributed by atoms with E-state index in [0.717, 1.165) is 42.5 Å². The van der Waals surface area contributed by atoms with E-state index >= 15 is 4.39 Å². The number of benzene rings is 3. The van der Waals surface area contributed by atoms with E-state index in [-0.39, 0.29) is 11.6 Å². The SMILES string of the molecule is O=C(Nc1cccc(C(=O)Nc2c(Br)cc(C(F)(C(F)(F)F)C(F)(F)C(F)(F)F)cc2OC(F)F)c1F)c1ccc(F)cc1. The number of hydrogen-bond acceptors (Lipinski definition) is 3. The second-order valence-corrected chi connectivity index (χ2v) is 9.37. The number of nitrogens with one attached hydrogen (secondary N) is 2. The highest BCUT2D eigenvalue weighted by Crippen LogP contribution is 2.59. The molecule has 0 radical (unpaired) electrons. The number of anilines is 2. The molecule has 1 unspecified atom stereocenters. The van der Waals surface area contributed by atoms with Crippen molar-refractivity contribution in [2.75, 3.05) is 10.6 Å². The van der Waals surface area contributed by atoms with Gasteiger partial charge in [0.25, 0.3) is 11.8 Å². The van der Waals surface area contributed by atoms with E-state index in [1.807, 2.05) is 0 Å². The Morgan fingerprint density at radius 1 is 0.773 bits per heavy atom. The molecule has 0 fully saturated rings. The minimum absolute atomic E-state index is 0.155. The number of ether oxygens (including phenoxy) is 1. The summed E-state index contributed by atoms with van der Waals surface area (Å²) in [6, 6.07) is 5.68. The molecule has 238 valence electrons. The van der Waals surface area contributed by atoms with E-state index in [1.54, 1.807) is 5.32 Å². The van der Waals surface area contributed by atoms with Crippen LogP contribution in [0.25, 0.3) is 0 Å². The van der Waals surface area contributed by atoms with Gasteiger partial charge in [-0.15, -0.1) is 0 Å². The number of alkyl halides is 11. The van der Waals surface area contributed by atoms with Crippen molar-refractivity contribution in [2.45, 2.75) is 30.6 Å². The molecule has 44 heavy (non-hydrogen) atoms. The molecule has 0 spiro atoms. The van der Waals surface area contributed by atoms with Gasteiger partial charge in [0.2, 0.25) is 0 Å². The van der Waals surface area contributed by atoms with Gasteiger partial charge in [0.1, 0.15) is 5.82 Å². The van der Waals surface area contributed by atoms with Gasteiger partial charge in [-0.25, -0.2) is 13.2 Å². The molecule has 0 bridgehead atoms. The topological polar surface area (TPSA) is 67.4 Å². The van der Waals surface area contributed by atoms with Gasteiger partial charge in [-0.1, -0.05) is 6.07 Å². The Bertz CT molecular complexity index is 1560. The minimum atomic E-state index is -7.16. The number of halogens is 14. The second kappa shape index (κ2) is 12.2. The average Bonchev–Trinajstić information content (AvgIpc) is 2.89. The van der Waals surface area contributed by atoms with Crippen molar-refractivity contribution in [1.82, 2.24) is 0 Å². The minimum Gasteiger partial charge on any atom is -0.433 e. The van der Waals surface area contributed by atoms with Crippen molar-refractivity contribution < 1.29 is 71.4 Å². The molecule has 19 heteroatoms. The maximum Gasteiger partial charge on any atom is 0.457 e. The van der Waals surface area contributed by atoms with Crippen LogP contribution in [0.5, 0.6) is 5.75 Å². The molecule has 0 saturated heterocycles. The highest BCUT2D eigenvalue weighted by molar-refractivity contribution is 9.10. The Hall–Kier alpha value is -4.03. The lowest BCUT2D eigenvalue weighted by atomic mass is 9.87. The predicted molar refractivity (Wildman–Crippen MR) is 129 cm³/mol. The molecule has 2 amide bonds. The quantitative estimate of drug-likeness (QED) is 0.230. The summed E-state index contributed by atoms with van der Waals surface area (Å²) in [5.74, 6) is -13.7. The molecule has 3 rings (SSSR count). The fourth-order valence-corrected chi connectivity index (χ4v) is 4.13. The Morgan fingerprint density at radius 2 is 1.36 bits per heavy atom. The summed E-state index contributed by atoms with van der Waals surface area (Å²) in [4.78, 5) is 25.1. The third-order valence-corrected chi connectivity index (χ3v) is 6.31. The van der Waals surface area contributed by atoms with Crippen LogP contribution in [0.4, 0.5) is 68.5 Å². The van der Waals surface area contributed by atoms with Gasteiger partial charge in [0.05, 0.1) is 16.9 Å². The van der Waals surface area contributed by atoms with Crippen LogP contribution in [-0.4, -0.2) is 36.7 Å². The van der Waals surface area contributed by atoms with E-state index in [1.165, 1.54) is 0 Å². The zero-order chi connectivity index (χ0) is 33.4. The summed E-state index contributed by atoms with van der Waals surface area (Å²) in [5, 5.41) is 3.75. The summed E-state index contributed by atoms with van der Waals surface area (Å²) in [5.41, 5.74) is -12.1. The lowest BCUT2D eigenvalue weighted by Crippen LogP contribution is -2.59. The summed E-state index contributed by atoms with van der Waals surface area (Å²) < 4.78 is 179. The van der Waals surface area contributed by atoms with Gasteiger partial charge < -0.3 is 15.4 Å². The Morgan fingerprint density at radius 3 is 1.89 bits per heavy atom. The first kappa shape index (κ1) is 34.5. The van der Waals surface area contributed by atoms with Crippen LogP contribution in [0.1, 0.15) is 26.3 Å². The first-order valence-electron chi connectivity index (χ1n) is 11.3. The van der Waals surface area contributed by atoms with Crippen molar-refractivity contribution in [1.29, 1.82) is 0 Å². The summed E-state index contributed by atoms with van der Waals surface area (Å²) in [7, 11) is 0. The van der Waals surface area contributed by atoms with Crippen LogP contribution in [0, 0.1) is 11.6 Å². The van der Waals surface area contributed by atoms with Gasteiger partial charge in [0.15, 0.2) is 11.6 Å².